The van der Waals surface area contributed by atoms with Gasteiger partial charge in [-0.05, 0) is 37.8 Å². The topological polar surface area (TPSA) is 105 Å². The van der Waals surface area contributed by atoms with E-state index in [2.05, 4.69) is 5.32 Å². The zero-order chi connectivity index (χ0) is 21.1. The molecule has 154 valence electrons. The van der Waals surface area contributed by atoms with Gasteiger partial charge in [-0.1, -0.05) is 38.1 Å². The number of hydrogen-bond acceptors (Lipinski definition) is 6. The summed E-state index contributed by atoms with van der Waals surface area (Å²) in [4.78, 5) is 25.4. The van der Waals surface area contributed by atoms with Crippen molar-refractivity contribution in [2.75, 3.05) is 0 Å². The van der Waals surface area contributed by atoms with Gasteiger partial charge < -0.3 is 25.0 Å². The first-order valence-corrected chi connectivity index (χ1v) is 9.81. The molecule has 1 amide bonds. The van der Waals surface area contributed by atoms with Crippen LogP contribution >= 0.6 is 0 Å². The van der Waals surface area contributed by atoms with Gasteiger partial charge in [-0.25, -0.2) is 4.79 Å². The second kappa shape index (κ2) is 6.43. The monoisotopic (exact) mass is 399 g/mol. The largest absolute Gasteiger partial charge is 0.454 e. The lowest BCUT2D eigenvalue weighted by Gasteiger charge is -2.30. The molecule has 0 spiro atoms. The fourth-order valence-electron chi connectivity index (χ4n) is 4.23. The first kappa shape index (κ1) is 19.7. The molecule has 3 atom stereocenters. The van der Waals surface area contributed by atoms with Crippen molar-refractivity contribution >= 4 is 11.9 Å². The van der Waals surface area contributed by atoms with Crippen molar-refractivity contribution in [3.05, 3.63) is 52.6 Å². The van der Waals surface area contributed by atoms with Crippen molar-refractivity contribution in [2.24, 2.45) is 0 Å². The third kappa shape index (κ3) is 2.64. The van der Waals surface area contributed by atoms with Crippen molar-refractivity contribution < 1.29 is 29.3 Å². The molecule has 3 unspecified atom stereocenters. The van der Waals surface area contributed by atoms with Crippen molar-refractivity contribution in [2.45, 2.75) is 63.6 Å². The Balaban J connectivity index is 1.74. The molecule has 1 aromatic rings. The Morgan fingerprint density at radius 2 is 2.00 bits per heavy atom. The summed E-state index contributed by atoms with van der Waals surface area (Å²) in [7, 11) is 0. The molecule has 2 aliphatic carbocycles. The maximum Gasteiger partial charge on any atom is 0.407 e. The number of alkyl carbamates (subject to hydrolysis) is 1. The fourth-order valence-corrected chi connectivity index (χ4v) is 4.23. The minimum atomic E-state index is -2.26. The number of benzene rings is 1. The number of rotatable bonds is 3. The van der Waals surface area contributed by atoms with Gasteiger partial charge in [0.2, 0.25) is 11.4 Å². The zero-order valence-electron chi connectivity index (χ0n) is 16.9. The van der Waals surface area contributed by atoms with Crippen LogP contribution in [0.25, 0.3) is 0 Å². The van der Waals surface area contributed by atoms with Crippen LogP contribution in [0.15, 0.2) is 41.5 Å². The summed E-state index contributed by atoms with van der Waals surface area (Å²) in [5, 5.41) is 25.4. The molecule has 7 heteroatoms. The second-order valence-corrected chi connectivity index (χ2v) is 8.31. The molecule has 7 nitrogen and oxygen atoms in total. The number of carbonyl (C=O) groups is 2. The van der Waals surface area contributed by atoms with Crippen molar-refractivity contribution in [3.63, 3.8) is 0 Å². The predicted molar refractivity (Wildman–Crippen MR) is 104 cm³/mol. The smallest absolute Gasteiger partial charge is 0.407 e. The van der Waals surface area contributed by atoms with Crippen LogP contribution in [0.3, 0.4) is 0 Å². The Hall–Kier alpha value is -2.64. The Bertz CT molecular complexity index is 962. The van der Waals surface area contributed by atoms with Crippen LogP contribution in [0.1, 0.15) is 51.2 Å². The summed E-state index contributed by atoms with van der Waals surface area (Å²) < 4.78 is 10.9. The van der Waals surface area contributed by atoms with Crippen LogP contribution in [-0.4, -0.2) is 40.0 Å². The minimum Gasteiger partial charge on any atom is -0.454 e. The molecule has 1 aliphatic heterocycles. The quantitative estimate of drug-likeness (QED) is 0.721. The number of nitrogens with one attached hydrogen (secondary N) is 1. The molecule has 0 fully saturated rings. The lowest BCUT2D eigenvalue weighted by molar-refractivity contribution is -0.205. The third-order valence-electron chi connectivity index (χ3n) is 5.68. The number of aliphatic hydroxyl groups is 2. The average molecular weight is 399 g/mol. The van der Waals surface area contributed by atoms with Gasteiger partial charge >= 0.3 is 6.09 Å². The molecule has 29 heavy (non-hydrogen) atoms. The molecule has 1 aromatic carbocycles. The van der Waals surface area contributed by atoms with E-state index in [1.807, 2.05) is 19.9 Å². The highest BCUT2D eigenvalue weighted by atomic mass is 16.7. The van der Waals surface area contributed by atoms with E-state index in [0.717, 1.165) is 5.56 Å². The summed E-state index contributed by atoms with van der Waals surface area (Å²) in [6.45, 7) is 7.47. The highest BCUT2D eigenvalue weighted by molar-refractivity contribution is 6.10. The van der Waals surface area contributed by atoms with Crippen LogP contribution in [0, 0.1) is 0 Å². The maximum absolute atomic E-state index is 13.4. The Labute approximate surface area is 169 Å². The van der Waals surface area contributed by atoms with Crippen LogP contribution in [0.5, 0.6) is 5.75 Å². The lowest BCUT2D eigenvalue weighted by Crippen LogP contribution is -2.53. The molecule has 4 rings (SSSR count). The molecule has 0 saturated heterocycles. The van der Waals surface area contributed by atoms with Crippen LogP contribution in [-0.2, 0) is 15.1 Å². The van der Waals surface area contributed by atoms with Gasteiger partial charge in [0.1, 0.15) is 5.75 Å². The van der Waals surface area contributed by atoms with Gasteiger partial charge in [-0.2, -0.15) is 0 Å². The van der Waals surface area contributed by atoms with Gasteiger partial charge in [-0.15, -0.1) is 0 Å². The van der Waals surface area contributed by atoms with Crippen molar-refractivity contribution in [1.82, 2.24) is 5.32 Å². The van der Waals surface area contributed by atoms with Crippen molar-refractivity contribution in [3.8, 4) is 5.75 Å². The molecular weight excluding hydrogens is 374 g/mol. The fraction of sp³-hybridized carbons (Fsp3) is 0.455. The Morgan fingerprint density at radius 3 is 2.66 bits per heavy atom. The third-order valence-corrected chi connectivity index (χ3v) is 5.68. The molecule has 3 aliphatic rings. The van der Waals surface area contributed by atoms with Crippen LogP contribution in [0.4, 0.5) is 4.79 Å². The number of fused-ring (bicyclic) bond motifs is 4. The molecule has 3 N–H and O–H groups in total. The lowest BCUT2D eigenvalue weighted by atomic mass is 9.85. The Kier molecular flexibility index (Phi) is 4.36. The zero-order valence-corrected chi connectivity index (χ0v) is 16.9. The molecule has 0 saturated carbocycles. The van der Waals surface area contributed by atoms with Gasteiger partial charge in [0.25, 0.3) is 5.79 Å². The summed E-state index contributed by atoms with van der Waals surface area (Å²) >= 11 is 0. The summed E-state index contributed by atoms with van der Waals surface area (Å²) in [6.07, 6.45) is 2.65. The summed E-state index contributed by atoms with van der Waals surface area (Å²) in [5.74, 6) is -2.42. The summed E-state index contributed by atoms with van der Waals surface area (Å²) in [6, 6.07) is 4.45. The van der Waals surface area contributed by atoms with E-state index in [1.54, 1.807) is 38.1 Å². The SMILES string of the molecule is CC(C)OC(=O)NC1CC=CC2=C1C(=O)C1(O)c3ccc(C(C)C)cc3OC21O. The van der Waals surface area contributed by atoms with E-state index in [-0.39, 0.29) is 34.5 Å². The highest BCUT2D eigenvalue weighted by Gasteiger charge is 2.71. The molecule has 0 bridgehead atoms. The number of carbonyl (C=O) groups excluding carboxylic acids is 2. The van der Waals surface area contributed by atoms with Crippen LogP contribution in [0.2, 0.25) is 0 Å². The van der Waals surface area contributed by atoms with E-state index >= 15 is 0 Å². The van der Waals surface area contributed by atoms with E-state index < -0.39 is 29.3 Å². The van der Waals surface area contributed by atoms with E-state index in [1.165, 1.54) is 0 Å². The van der Waals surface area contributed by atoms with Gasteiger partial charge in [-0.3, -0.25) is 4.79 Å². The van der Waals surface area contributed by atoms with Gasteiger partial charge in [0.05, 0.1) is 12.1 Å². The first-order valence-electron chi connectivity index (χ1n) is 9.81. The van der Waals surface area contributed by atoms with Crippen LogP contribution < -0.4 is 10.1 Å². The number of hydrogen-bond donors (Lipinski definition) is 3. The molecule has 0 radical (unpaired) electrons. The number of amides is 1. The van der Waals surface area contributed by atoms with E-state index in [4.69, 9.17) is 9.47 Å². The number of ether oxygens (including phenoxy) is 2. The minimum absolute atomic E-state index is 0.136. The molecule has 1 heterocycles. The Morgan fingerprint density at radius 1 is 1.28 bits per heavy atom. The normalized spacial score (nSPS) is 29.7. The maximum atomic E-state index is 13.4. The molecule has 0 aromatic heterocycles. The summed E-state index contributed by atoms with van der Waals surface area (Å²) in [5.41, 5.74) is -0.780. The van der Waals surface area contributed by atoms with Gasteiger partial charge in [0.15, 0.2) is 0 Å². The number of ketones is 1. The predicted octanol–water partition coefficient (Wildman–Crippen LogP) is 2.42. The van der Waals surface area contributed by atoms with Gasteiger partial charge in [0, 0.05) is 16.7 Å². The van der Waals surface area contributed by atoms with E-state index in [0.29, 0.717) is 6.42 Å². The highest BCUT2D eigenvalue weighted by Crippen LogP contribution is 2.57. The number of Topliss-reactive ketones (excluding diaryl/α,β-unsaturated/α-hetero) is 1. The average Bonchev–Trinajstić information content (AvgIpc) is 2.97. The standard InChI is InChI=1S/C22H25NO6/c1-11(2)13-8-9-14-17(10-13)29-22(27)15-6-5-7-16(23-20(25)28-12(3)4)18(15)19(24)21(14,22)26/h5-6,8-12,16,26-27H,7H2,1-4H3,(H,23,25). The van der Waals surface area contributed by atoms with Crippen molar-refractivity contribution in [1.29, 1.82) is 0 Å². The second-order valence-electron chi connectivity index (χ2n) is 8.31. The van der Waals surface area contributed by atoms with E-state index in [9.17, 15) is 19.8 Å². The first-order chi connectivity index (χ1) is 13.6. The molecular formula is C22H25NO6.